The number of thiocarbonyl (C=S) groups is 1. The van der Waals surface area contributed by atoms with Gasteiger partial charge in [-0.2, -0.15) is 0 Å². The molecule has 27 heavy (non-hydrogen) atoms. The third-order valence-corrected chi connectivity index (χ3v) is 4.74. The second-order valence-electron chi connectivity index (χ2n) is 6.11. The lowest BCUT2D eigenvalue weighted by Crippen LogP contribution is -2.38. The summed E-state index contributed by atoms with van der Waals surface area (Å²) >= 11 is 5.38. The topological polar surface area (TPSA) is 57.4 Å². The number of ether oxygens (including phenoxy) is 1. The highest BCUT2D eigenvalue weighted by Gasteiger charge is 2.13. The zero-order valence-electron chi connectivity index (χ0n) is 15.1. The number of nitrogens with zero attached hydrogens (tertiary/aromatic N) is 1. The second-order valence-corrected chi connectivity index (χ2v) is 6.50. The van der Waals surface area contributed by atoms with Gasteiger partial charge in [0.1, 0.15) is 11.6 Å². The highest BCUT2D eigenvalue weighted by Crippen LogP contribution is 2.19. The Hall–Kier alpha value is -2.93. The van der Waals surface area contributed by atoms with Crippen molar-refractivity contribution in [3.05, 3.63) is 75.8 Å². The molecule has 0 fully saturated rings. The van der Waals surface area contributed by atoms with Crippen molar-refractivity contribution in [3.8, 4) is 5.75 Å². The van der Waals surface area contributed by atoms with Crippen molar-refractivity contribution >= 4 is 28.2 Å². The summed E-state index contributed by atoms with van der Waals surface area (Å²) in [5, 5.41) is 4.36. The van der Waals surface area contributed by atoms with Gasteiger partial charge in [-0.05, 0) is 53.5 Å². The number of aromatic amines is 1. The van der Waals surface area contributed by atoms with E-state index in [0.717, 1.165) is 10.9 Å². The summed E-state index contributed by atoms with van der Waals surface area (Å²) in [6, 6.07) is 13.6. The van der Waals surface area contributed by atoms with Crippen LogP contribution in [0.3, 0.4) is 0 Å². The van der Waals surface area contributed by atoms with Gasteiger partial charge in [0.05, 0.1) is 19.2 Å². The van der Waals surface area contributed by atoms with Crippen LogP contribution < -0.4 is 15.6 Å². The fourth-order valence-corrected chi connectivity index (χ4v) is 2.97. The van der Waals surface area contributed by atoms with Crippen LogP contribution in [-0.2, 0) is 13.1 Å². The SMILES string of the molecule is CNC(=S)N(Cc1ccc(F)cc1)Cc1cc2ccc(OC)cc2[nH]c1=O. The van der Waals surface area contributed by atoms with E-state index in [9.17, 15) is 9.18 Å². The van der Waals surface area contributed by atoms with Crippen LogP contribution in [0, 0.1) is 5.82 Å². The fraction of sp³-hybridized carbons (Fsp3) is 0.200. The number of hydrogen-bond acceptors (Lipinski definition) is 3. The van der Waals surface area contributed by atoms with E-state index in [0.29, 0.717) is 35.0 Å². The van der Waals surface area contributed by atoms with E-state index in [4.69, 9.17) is 17.0 Å². The number of benzene rings is 2. The maximum atomic E-state index is 13.1. The van der Waals surface area contributed by atoms with E-state index < -0.39 is 0 Å². The Morgan fingerprint density at radius 1 is 1.19 bits per heavy atom. The van der Waals surface area contributed by atoms with E-state index in [1.807, 2.05) is 23.1 Å². The molecule has 0 aliphatic rings. The van der Waals surface area contributed by atoms with Crippen molar-refractivity contribution < 1.29 is 9.13 Å². The summed E-state index contributed by atoms with van der Waals surface area (Å²) in [6.07, 6.45) is 0. The van der Waals surface area contributed by atoms with Crippen molar-refractivity contribution in [2.45, 2.75) is 13.1 Å². The maximum absolute atomic E-state index is 13.1. The number of halogens is 1. The van der Waals surface area contributed by atoms with Gasteiger partial charge in [-0.25, -0.2) is 4.39 Å². The van der Waals surface area contributed by atoms with E-state index in [1.54, 1.807) is 32.4 Å². The molecule has 0 saturated heterocycles. The van der Waals surface area contributed by atoms with Crippen molar-refractivity contribution in [1.82, 2.24) is 15.2 Å². The number of rotatable bonds is 5. The predicted molar refractivity (Wildman–Crippen MR) is 108 cm³/mol. The highest BCUT2D eigenvalue weighted by molar-refractivity contribution is 7.80. The normalized spacial score (nSPS) is 10.6. The van der Waals surface area contributed by atoms with Gasteiger partial charge >= 0.3 is 0 Å². The van der Waals surface area contributed by atoms with Crippen molar-refractivity contribution in [1.29, 1.82) is 0 Å². The van der Waals surface area contributed by atoms with Crippen LogP contribution in [0.1, 0.15) is 11.1 Å². The number of H-pyrrole nitrogens is 1. The lowest BCUT2D eigenvalue weighted by Gasteiger charge is -2.25. The predicted octanol–water partition coefficient (Wildman–Crippen LogP) is 3.18. The number of nitrogens with one attached hydrogen (secondary N) is 2. The molecular weight excluding hydrogens is 365 g/mol. The van der Waals surface area contributed by atoms with Crippen molar-refractivity contribution in [3.63, 3.8) is 0 Å². The summed E-state index contributed by atoms with van der Waals surface area (Å²) in [4.78, 5) is 17.3. The molecule has 0 amide bonds. The minimum absolute atomic E-state index is 0.182. The number of fused-ring (bicyclic) bond motifs is 1. The number of methoxy groups -OCH3 is 1. The molecule has 7 heteroatoms. The van der Waals surface area contributed by atoms with E-state index in [2.05, 4.69) is 10.3 Å². The molecule has 0 aliphatic carbocycles. The molecule has 1 aromatic heterocycles. The summed E-state index contributed by atoms with van der Waals surface area (Å²) in [5.41, 5.74) is 2.02. The van der Waals surface area contributed by atoms with Crippen LogP contribution in [0.4, 0.5) is 4.39 Å². The van der Waals surface area contributed by atoms with Crippen molar-refractivity contribution in [2.75, 3.05) is 14.2 Å². The summed E-state index contributed by atoms with van der Waals surface area (Å²) in [5.74, 6) is 0.392. The minimum Gasteiger partial charge on any atom is -0.497 e. The van der Waals surface area contributed by atoms with Crippen LogP contribution >= 0.6 is 12.2 Å². The summed E-state index contributed by atoms with van der Waals surface area (Å²) < 4.78 is 18.3. The standard InChI is InChI=1S/C20H20FN3O2S/c1-22-20(27)24(11-13-3-6-16(21)7-4-13)12-15-9-14-5-8-17(26-2)10-18(14)23-19(15)25/h3-10H,11-12H2,1-2H3,(H,22,27)(H,23,25). The largest absolute Gasteiger partial charge is 0.497 e. The van der Waals surface area contributed by atoms with Crippen LogP contribution in [0.2, 0.25) is 0 Å². The first-order valence-electron chi connectivity index (χ1n) is 8.41. The van der Waals surface area contributed by atoms with Gasteiger partial charge < -0.3 is 19.9 Å². The third-order valence-electron chi connectivity index (χ3n) is 4.28. The smallest absolute Gasteiger partial charge is 0.253 e. The zero-order chi connectivity index (χ0) is 19.4. The molecule has 140 valence electrons. The molecular formula is C20H20FN3O2S. The molecule has 0 aliphatic heterocycles. The molecule has 0 saturated carbocycles. The number of aromatic nitrogens is 1. The Kier molecular flexibility index (Phi) is 5.71. The third kappa shape index (κ3) is 4.43. The van der Waals surface area contributed by atoms with Crippen LogP contribution in [0.5, 0.6) is 5.75 Å². The zero-order valence-corrected chi connectivity index (χ0v) is 15.9. The van der Waals surface area contributed by atoms with Crippen LogP contribution in [0.25, 0.3) is 10.9 Å². The maximum Gasteiger partial charge on any atom is 0.253 e. The molecule has 0 bridgehead atoms. The molecule has 0 unspecified atom stereocenters. The van der Waals surface area contributed by atoms with Crippen LogP contribution in [0.15, 0.2) is 53.3 Å². The Bertz CT molecular complexity index is 1020. The highest BCUT2D eigenvalue weighted by atomic mass is 32.1. The minimum atomic E-state index is -0.289. The first-order chi connectivity index (χ1) is 13.0. The number of hydrogen-bond donors (Lipinski definition) is 2. The molecule has 5 nitrogen and oxygen atoms in total. The molecule has 3 rings (SSSR count). The Morgan fingerprint density at radius 3 is 2.59 bits per heavy atom. The second kappa shape index (κ2) is 8.18. The summed E-state index contributed by atoms with van der Waals surface area (Å²) in [7, 11) is 3.32. The van der Waals surface area contributed by atoms with Gasteiger partial charge in [0, 0.05) is 25.2 Å². The lowest BCUT2D eigenvalue weighted by atomic mass is 10.1. The van der Waals surface area contributed by atoms with Gasteiger partial charge in [-0.1, -0.05) is 12.1 Å². The Balaban J connectivity index is 1.90. The van der Waals surface area contributed by atoms with Gasteiger partial charge in [0.25, 0.3) is 5.56 Å². The first-order valence-corrected chi connectivity index (χ1v) is 8.82. The molecule has 2 aromatic carbocycles. The van der Waals surface area contributed by atoms with Crippen LogP contribution in [-0.4, -0.2) is 29.2 Å². The molecule has 1 heterocycles. The van der Waals surface area contributed by atoms with E-state index in [-0.39, 0.29) is 11.4 Å². The molecule has 2 N–H and O–H groups in total. The average molecular weight is 385 g/mol. The summed E-state index contributed by atoms with van der Waals surface area (Å²) in [6.45, 7) is 0.786. The average Bonchev–Trinajstić information content (AvgIpc) is 2.68. The van der Waals surface area contributed by atoms with E-state index in [1.165, 1.54) is 12.1 Å². The molecule has 0 spiro atoms. The molecule has 0 atom stereocenters. The van der Waals surface area contributed by atoms with Gasteiger partial charge in [-0.3, -0.25) is 4.79 Å². The van der Waals surface area contributed by atoms with Gasteiger partial charge in [-0.15, -0.1) is 0 Å². The van der Waals surface area contributed by atoms with E-state index >= 15 is 0 Å². The monoisotopic (exact) mass is 385 g/mol. The number of pyridine rings is 1. The van der Waals surface area contributed by atoms with Crippen molar-refractivity contribution in [2.24, 2.45) is 0 Å². The molecule has 3 aromatic rings. The first kappa shape index (κ1) is 18.8. The van der Waals surface area contributed by atoms with Gasteiger partial charge in [0.2, 0.25) is 0 Å². The Labute approximate surface area is 161 Å². The Morgan fingerprint density at radius 2 is 1.93 bits per heavy atom. The molecule has 0 radical (unpaired) electrons. The lowest BCUT2D eigenvalue weighted by molar-refractivity contribution is 0.400. The fourth-order valence-electron chi connectivity index (χ4n) is 2.84. The van der Waals surface area contributed by atoms with Gasteiger partial charge in [0.15, 0.2) is 5.11 Å². The quantitative estimate of drug-likeness (QED) is 0.661.